The van der Waals surface area contributed by atoms with Crippen LogP contribution in [-0.4, -0.2) is 22.7 Å². The molecule has 13 heavy (non-hydrogen) atoms. The summed E-state index contributed by atoms with van der Waals surface area (Å²) in [7, 11) is 0. The van der Waals surface area contributed by atoms with Crippen LogP contribution in [-0.2, 0) is 4.74 Å². The normalized spacial score (nSPS) is 9.92. The Morgan fingerprint density at radius 2 is 2.46 bits per heavy atom. The summed E-state index contributed by atoms with van der Waals surface area (Å²) < 4.78 is 4.90. The largest absolute Gasteiger partial charge is 0.506 e. The number of carbonyl (C=O) groups is 1. The van der Waals surface area contributed by atoms with Crippen LogP contribution in [0.25, 0.3) is 0 Å². The van der Waals surface area contributed by atoms with Crippen LogP contribution < -0.4 is 0 Å². The number of aromatic amines is 1. The van der Waals surface area contributed by atoms with Crippen molar-refractivity contribution in [1.29, 1.82) is 0 Å². The van der Waals surface area contributed by atoms with Gasteiger partial charge in [-0.1, -0.05) is 13.3 Å². The highest BCUT2D eigenvalue weighted by Gasteiger charge is 2.08. The number of unbranched alkanes of at least 4 members (excludes halogenated alkanes) is 1. The summed E-state index contributed by atoms with van der Waals surface area (Å²) in [5, 5.41) is 8.93. The Morgan fingerprint density at radius 3 is 3.00 bits per heavy atom. The number of H-pyrrole nitrogens is 1. The molecule has 0 unspecified atom stereocenters. The molecule has 0 atom stereocenters. The predicted molar refractivity (Wildman–Crippen MR) is 47.6 cm³/mol. The van der Waals surface area contributed by atoms with E-state index in [0.29, 0.717) is 6.61 Å². The maximum absolute atomic E-state index is 11.2. The third kappa shape index (κ3) is 2.82. The van der Waals surface area contributed by atoms with Crippen LogP contribution in [0.1, 0.15) is 30.3 Å². The molecule has 1 aromatic heterocycles. The number of esters is 1. The van der Waals surface area contributed by atoms with Gasteiger partial charge in [0.2, 0.25) is 0 Å². The second kappa shape index (κ2) is 4.54. The van der Waals surface area contributed by atoms with E-state index in [-0.39, 0.29) is 11.4 Å². The van der Waals surface area contributed by atoms with E-state index in [0.717, 1.165) is 12.8 Å². The number of hydrogen-bond acceptors (Lipinski definition) is 3. The van der Waals surface area contributed by atoms with E-state index in [2.05, 4.69) is 4.98 Å². The minimum Gasteiger partial charge on any atom is -0.506 e. The summed E-state index contributed by atoms with van der Waals surface area (Å²) in [6.07, 6.45) is 3.19. The quantitative estimate of drug-likeness (QED) is 0.551. The van der Waals surface area contributed by atoms with Crippen LogP contribution in [0.2, 0.25) is 0 Å². The minimum atomic E-state index is -0.422. The predicted octanol–water partition coefficient (Wildman–Crippen LogP) is 1.68. The van der Waals surface area contributed by atoms with Crippen LogP contribution in [0.15, 0.2) is 12.3 Å². The summed E-state index contributed by atoms with van der Waals surface area (Å²) in [5.41, 5.74) is 0.286. The zero-order valence-electron chi connectivity index (χ0n) is 7.54. The van der Waals surface area contributed by atoms with Crippen molar-refractivity contribution in [3.63, 3.8) is 0 Å². The lowest BCUT2D eigenvalue weighted by molar-refractivity contribution is 0.0493. The van der Waals surface area contributed by atoms with Crippen molar-refractivity contribution in [1.82, 2.24) is 4.98 Å². The van der Waals surface area contributed by atoms with Crippen molar-refractivity contribution in [2.45, 2.75) is 19.8 Å². The second-order valence-corrected chi connectivity index (χ2v) is 2.76. The van der Waals surface area contributed by atoms with Crippen LogP contribution >= 0.6 is 0 Å². The van der Waals surface area contributed by atoms with Crippen molar-refractivity contribution in [2.75, 3.05) is 6.61 Å². The summed E-state index contributed by atoms with van der Waals surface area (Å²) in [6.45, 7) is 2.45. The van der Waals surface area contributed by atoms with E-state index in [9.17, 15) is 4.79 Å². The monoisotopic (exact) mass is 183 g/mol. The van der Waals surface area contributed by atoms with Gasteiger partial charge < -0.3 is 14.8 Å². The molecule has 0 bridgehead atoms. The van der Waals surface area contributed by atoms with Crippen molar-refractivity contribution in [2.24, 2.45) is 0 Å². The number of carbonyl (C=O) groups excluding carboxylic acids is 1. The summed E-state index contributed by atoms with van der Waals surface area (Å²) >= 11 is 0. The average Bonchev–Trinajstić information content (AvgIpc) is 2.52. The van der Waals surface area contributed by atoms with Crippen molar-refractivity contribution in [3.05, 3.63) is 18.0 Å². The molecule has 0 aliphatic rings. The van der Waals surface area contributed by atoms with E-state index < -0.39 is 5.97 Å². The maximum atomic E-state index is 11.2. The fraction of sp³-hybridized carbons (Fsp3) is 0.444. The standard InChI is InChI=1S/C9H13NO3/c1-2-3-4-13-9(12)8-5-7(11)6-10-8/h5-6,10-11H,2-4H2,1H3. The van der Waals surface area contributed by atoms with Gasteiger partial charge in [0.05, 0.1) is 6.61 Å². The molecule has 0 saturated heterocycles. The Bertz CT molecular complexity index is 280. The van der Waals surface area contributed by atoms with Gasteiger partial charge in [0, 0.05) is 12.3 Å². The van der Waals surface area contributed by atoms with E-state index in [1.807, 2.05) is 6.92 Å². The number of aromatic nitrogens is 1. The first-order valence-electron chi connectivity index (χ1n) is 4.28. The number of hydrogen-bond donors (Lipinski definition) is 2. The lowest BCUT2D eigenvalue weighted by atomic mass is 10.3. The van der Waals surface area contributed by atoms with Crippen LogP contribution in [0.3, 0.4) is 0 Å². The van der Waals surface area contributed by atoms with Crippen molar-refractivity contribution < 1.29 is 14.6 Å². The molecule has 0 saturated carbocycles. The zero-order chi connectivity index (χ0) is 9.68. The SMILES string of the molecule is CCCCOC(=O)c1cc(O)c[nH]1. The summed E-state index contributed by atoms with van der Waals surface area (Å²) in [4.78, 5) is 13.8. The van der Waals surface area contributed by atoms with Gasteiger partial charge in [-0.2, -0.15) is 0 Å². The fourth-order valence-electron chi connectivity index (χ4n) is 0.888. The third-order valence-electron chi connectivity index (χ3n) is 1.62. The number of rotatable bonds is 4. The maximum Gasteiger partial charge on any atom is 0.354 e. The van der Waals surface area contributed by atoms with Gasteiger partial charge in [0.1, 0.15) is 11.4 Å². The second-order valence-electron chi connectivity index (χ2n) is 2.76. The molecule has 4 nitrogen and oxygen atoms in total. The molecular weight excluding hydrogens is 170 g/mol. The van der Waals surface area contributed by atoms with Gasteiger partial charge in [-0.05, 0) is 6.42 Å². The molecule has 0 amide bonds. The van der Waals surface area contributed by atoms with E-state index in [1.54, 1.807) is 0 Å². The molecule has 0 aliphatic heterocycles. The van der Waals surface area contributed by atoms with Crippen LogP contribution in [0, 0.1) is 0 Å². The lowest BCUT2D eigenvalue weighted by Gasteiger charge is -2.00. The third-order valence-corrected chi connectivity index (χ3v) is 1.62. The van der Waals surface area contributed by atoms with Crippen LogP contribution in [0.5, 0.6) is 5.75 Å². The first-order chi connectivity index (χ1) is 6.24. The molecule has 1 heterocycles. The van der Waals surface area contributed by atoms with Gasteiger partial charge in [-0.15, -0.1) is 0 Å². The molecule has 72 valence electrons. The average molecular weight is 183 g/mol. The van der Waals surface area contributed by atoms with Crippen molar-refractivity contribution >= 4 is 5.97 Å². The molecule has 0 aromatic carbocycles. The Morgan fingerprint density at radius 1 is 1.69 bits per heavy atom. The Hall–Kier alpha value is -1.45. The van der Waals surface area contributed by atoms with Gasteiger partial charge in [0.25, 0.3) is 0 Å². The molecule has 2 N–H and O–H groups in total. The highest BCUT2D eigenvalue weighted by molar-refractivity contribution is 5.87. The minimum absolute atomic E-state index is 0.0439. The molecule has 0 radical (unpaired) electrons. The lowest BCUT2D eigenvalue weighted by Crippen LogP contribution is -2.06. The molecule has 1 aromatic rings. The molecule has 0 spiro atoms. The Balaban J connectivity index is 2.40. The topological polar surface area (TPSA) is 62.3 Å². The smallest absolute Gasteiger partial charge is 0.354 e. The van der Waals surface area contributed by atoms with Crippen molar-refractivity contribution in [3.8, 4) is 5.75 Å². The molecule has 0 fully saturated rings. The van der Waals surface area contributed by atoms with Gasteiger partial charge in [0.15, 0.2) is 0 Å². The van der Waals surface area contributed by atoms with Crippen LogP contribution in [0.4, 0.5) is 0 Å². The first kappa shape index (κ1) is 9.64. The van der Waals surface area contributed by atoms with Gasteiger partial charge in [-0.25, -0.2) is 4.79 Å². The summed E-state index contributed by atoms with van der Waals surface area (Å²) in [6, 6.07) is 1.34. The number of ether oxygens (including phenoxy) is 1. The highest BCUT2D eigenvalue weighted by atomic mass is 16.5. The molecule has 4 heteroatoms. The Kier molecular flexibility index (Phi) is 3.37. The summed E-state index contributed by atoms with van der Waals surface area (Å²) in [5.74, 6) is -0.379. The van der Waals surface area contributed by atoms with E-state index in [4.69, 9.17) is 9.84 Å². The van der Waals surface area contributed by atoms with Gasteiger partial charge >= 0.3 is 5.97 Å². The Labute approximate surface area is 76.5 Å². The zero-order valence-corrected chi connectivity index (χ0v) is 7.54. The van der Waals surface area contributed by atoms with E-state index >= 15 is 0 Å². The first-order valence-corrected chi connectivity index (χ1v) is 4.28. The highest BCUT2D eigenvalue weighted by Crippen LogP contribution is 2.10. The number of aromatic hydroxyl groups is 1. The number of nitrogens with one attached hydrogen (secondary N) is 1. The van der Waals surface area contributed by atoms with E-state index in [1.165, 1.54) is 12.3 Å². The van der Waals surface area contributed by atoms with Gasteiger partial charge in [-0.3, -0.25) is 0 Å². The molecular formula is C9H13NO3. The molecule has 0 aliphatic carbocycles. The fourth-order valence-corrected chi connectivity index (χ4v) is 0.888. The molecule has 1 rings (SSSR count).